The zero-order chi connectivity index (χ0) is 19.8. The molecule has 7 heteroatoms. The maximum atomic E-state index is 13.3. The van der Waals surface area contributed by atoms with Crippen molar-refractivity contribution in [1.29, 1.82) is 0 Å². The third-order valence-electron chi connectivity index (χ3n) is 5.24. The van der Waals surface area contributed by atoms with E-state index in [1.807, 2.05) is 47.4 Å². The molecule has 0 unspecified atom stereocenters. The lowest BCUT2D eigenvalue weighted by Crippen LogP contribution is -2.32. The van der Waals surface area contributed by atoms with Crippen molar-refractivity contribution in [2.45, 2.75) is 25.4 Å². The molecule has 3 heterocycles. The molecule has 1 aromatic carbocycles. The van der Waals surface area contributed by atoms with Gasteiger partial charge in [-0.05, 0) is 48.7 Å². The number of hydrogen-bond donors (Lipinski definition) is 2. The number of carbonyl (C=O) groups excluding carboxylic acids is 1. The number of nitrogens with zero attached hydrogens (tertiary/aromatic N) is 3. The third kappa shape index (κ3) is 3.47. The summed E-state index contributed by atoms with van der Waals surface area (Å²) in [6.07, 6.45) is 5.61. The highest BCUT2D eigenvalue weighted by atomic mass is 16.5. The topological polar surface area (TPSA) is 86.9 Å². The number of methoxy groups -OCH3 is 1. The number of rotatable bonds is 6. The molecule has 1 saturated carbocycles. The van der Waals surface area contributed by atoms with Crippen molar-refractivity contribution >= 4 is 16.9 Å². The van der Waals surface area contributed by atoms with Crippen LogP contribution in [0.15, 0.2) is 54.9 Å². The highest BCUT2D eigenvalue weighted by Gasteiger charge is 2.33. The molecule has 0 bridgehead atoms. The quantitative estimate of drug-likeness (QED) is 0.527. The zero-order valence-corrected chi connectivity index (χ0v) is 16.1. The van der Waals surface area contributed by atoms with Crippen LogP contribution in [0.5, 0.6) is 5.75 Å². The standard InChI is InChI=1S/C22H21N5O2/c1-29-18-4-2-3-14(9-18)13-27(17-6-7-17)22(28)20-10-15-5-8-19(25-21(15)26-20)16-11-23-24-12-16/h2-5,8-12,17H,6-7,13H2,1H3,(H,23,24)(H,25,26). The van der Waals surface area contributed by atoms with Crippen LogP contribution in [-0.2, 0) is 6.54 Å². The number of ether oxygens (including phenoxy) is 1. The number of aromatic nitrogens is 4. The van der Waals surface area contributed by atoms with Gasteiger partial charge in [0.15, 0.2) is 0 Å². The lowest BCUT2D eigenvalue weighted by Gasteiger charge is -2.22. The van der Waals surface area contributed by atoms with E-state index in [2.05, 4.69) is 20.2 Å². The van der Waals surface area contributed by atoms with E-state index in [4.69, 9.17) is 4.74 Å². The van der Waals surface area contributed by atoms with E-state index < -0.39 is 0 Å². The summed E-state index contributed by atoms with van der Waals surface area (Å²) in [6.45, 7) is 0.559. The molecule has 0 aliphatic heterocycles. The minimum absolute atomic E-state index is 0.00168. The Hall–Kier alpha value is -3.61. The van der Waals surface area contributed by atoms with Gasteiger partial charge in [-0.15, -0.1) is 0 Å². The Bertz CT molecular complexity index is 1160. The first-order valence-corrected chi connectivity index (χ1v) is 9.64. The summed E-state index contributed by atoms with van der Waals surface area (Å²) >= 11 is 0. The molecule has 146 valence electrons. The molecule has 0 spiro atoms. The maximum Gasteiger partial charge on any atom is 0.270 e. The molecular weight excluding hydrogens is 366 g/mol. The molecule has 2 N–H and O–H groups in total. The number of fused-ring (bicyclic) bond motifs is 1. The van der Waals surface area contributed by atoms with Crippen molar-refractivity contribution in [3.05, 3.63) is 66.1 Å². The second-order valence-corrected chi connectivity index (χ2v) is 7.32. The van der Waals surface area contributed by atoms with Gasteiger partial charge in [0.25, 0.3) is 5.91 Å². The van der Waals surface area contributed by atoms with Crippen LogP contribution >= 0.6 is 0 Å². The lowest BCUT2D eigenvalue weighted by atomic mass is 10.2. The number of aromatic amines is 2. The van der Waals surface area contributed by atoms with Crippen molar-refractivity contribution in [2.24, 2.45) is 0 Å². The van der Waals surface area contributed by atoms with Crippen LogP contribution < -0.4 is 4.74 Å². The van der Waals surface area contributed by atoms with Gasteiger partial charge in [0, 0.05) is 29.7 Å². The minimum atomic E-state index is -0.00168. The smallest absolute Gasteiger partial charge is 0.270 e. The number of amides is 1. The third-order valence-corrected chi connectivity index (χ3v) is 5.24. The van der Waals surface area contributed by atoms with Crippen LogP contribution in [0, 0.1) is 0 Å². The Morgan fingerprint density at radius 1 is 1.24 bits per heavy atom. The van der Waals surface area contributed by atoms with Crippen LogP contribution in [0.4, 0.5) is 0 Å². The second kappa shape index (κ2) is 7.09. The summed E-state index contributed by atoms with van der Waals surface area (Å²) < 4.78 is 5.31. The average molecular weight is 387 g/mol. The molecule has 1 aliphatic carbocycles. The Kier molecular flexibility index (Phi) is 4.27. The van der Waals surface area contributed by atoms with E-state index in [-0.39, 0.29) is 11.9 Å². The van der Waals surface area contributed by atoms with E-state index >= 15 is 0 Å². The summed E-state index contributed by atoms with van der Waals surface area (Å²) in [6, 6.07) is 13.9. The van der Waals surface area contributed by atoms with Gasteiger partial charge >= 0.3 is 0 Å². The molecule has 0 radical (unpaired) electrons. The summed E-state index contributed by atoms with van der Waals surface area (Å²) in [4.78, 5) is 23.1. The number of nitrogens with one attached hydrogen (secondary N) is 2. The normalized spacial score (nSPS) is 13.6. The van der Waals surface area contributed by atoms with Crippen LogP contribution in [-0.4, -0.2) is 44.1 Å². The van der Waals surface area contributed by atoms with Crippen molar-refractivity contribution < 1.29 is 9.53 Å². The largest absolute Gasteiger partial charge is 0.497 e. The Labute approximate surface area is 167 Å². The molecule has 1 fully saturated rings. The fourth-order valence-corrected chi connectivity index (χ4v) is 3.55. The van der Waals surface area contributed by atoms with Crippen molar-refractivity contribution in [1.82, 2.24) is 25.1 Å². The summed E-state index contributed by atoms with van der Waals surface area (Å²) in [5.41, 5.74) is 4.03. The van der Waals surface area contributed by atoms with Gasteiger partial charge in [-0.25, -0.2) is 4.98 Å². The molecule has 29 heavy (non-hydrogen) atoms. The van der Waals surface area contributed by atoms with E-state index in [1.54, 1.807) is 19.5 Å². The SMILES string of the molecule is COc1cccc(CN(C(=O)c2cc3ccc(-c4cn[nH]c4)nc3[nH]2)C2CC2)c1. The first-order valence-electron chi connectivity index (χ1n) is 9.64. The highest BCUT2D eigenvalue weighted by Crippen LogP contribution is 2.31. The molecule has 3 aromatic heterocycles. The van der Waals surface area contributed by atoms with E-state index in [1.165, 1.54) is 0 Å². The molecule has 4 aromatic rings. The zero-order valence-electron chi connectivity index (χ0n) is 16.1. The Balaban J connectivity index is 1.43. The second-order valence-electron chi connectivity index (χ2n) is 7.32. The number of H-pyrrole nitrogens is 2. The average Bonchev–Trinajstić information content (AvgIpc) is 3.27. The summed E-state index contributed by atoms with van der Waals surface area (Å²) in [5, 5.41) is 7.68. The van der Waals surface area contributed by atoms with Crippen LogP contribution in [0.25, 0.3) is 22.3 Å². The molecule has 1 aliphatic rings. The van der Waals surface area contributed by atoms with E-state index in [9.17, 15) is 4.79 Å². The molecule has 0 atom stereocenters. The first kappa shape index (κ1) is 17.5. The number of pyridine rings is 1. The van der Waals surface area contributed by atoms with Crippen molar-refractivity contribution in [2.75, 3.05) is 7.11 Å². The first-order chi connectivity index (χ1) is 14.2. The number of hydrogen-bond acceptors (Lipinski definition) is 4. The van der Waals surface area contributed by atoms with Crippen LogP contribution in [0.1, 0.15) is 28.9 Å². The Morgan fingerprint density at radius 3 is 2.90 bits per heavy atom. The van der Waals surface area contributed by atoms with Gasteiger partial charge in [0.2, 0.25) is 0 Å². The van der Waals surface area contributed by atoms with Crippen LogP contribution in [0.2, 0.25) is 0 Å². The molecule has 0 saturated heterocycles. The molecule has 7 nitrogen and oxygen atoms in total. The fourth-order valence-electron chi connectivity index (χ4n) is 3.55. The van der Waals surface area contributed by atoms with Gasteiger partial charge < -0.3 is 14.6 Å². The maximum absolute atomic E-state index is 13.3. The summed E-state index contributed by atoms with van der Waals surface area (Å²) in [5.74, 6) is 0.797. The monoisotopic (exact) mass is 387 g/mol. The Morgan fingerprint density at radius 2 is 2.14 bits per heavy atom. The van der Waals surface area contributed by atoms with Gasteiger partial charge in [-0.2, -0.15) is 5.10 Å². The molecular formula is C22H21N5O2. The minimum Gasteiger partial charge on any atom is -0.497 e. The van der Waals surface area contributed by atoms with Crippen molar-refractivity contribution in [3.63, 3.8) is 0 Å². The lowest BCUT2D eigenvalue weighted by molar-refractivity contribution is 0.0724. The molecule has 1 amide bonds. The van der Waals surface area contributed by atoms with Gasteiger partial charge in [0.05, 0.1) is 19.0 Å². The predicted molar refractivity (Wildman–Crippen MR) is 110 cm³/mol. The predicted octanol–water partition coefficient (Wildman–Crippen LogP) is 3.77. The molecule has 5 rings (SSSR count). The number of carbonyl (C=O) groups is 1. The van der Waals surface area contributed by atoms with E-state index in [0.29, 0.717) is 17.9 Å². The van der Waals surface area contributed by atoms with Gasteiger partial charge in [0.1, 0.15) is 17.1 Å². The van der Waals surface area contributed by atoms with Gasteiger partial charge in [-0.3, -0.25) is 9.89 Å². The van der Waals surface area contributed by atoms with Gasteiger partial charge in [-0.1, -0.05) is 12.1 Å². The van der Waals surface area contributed by atoms with E-state index in [0.717, 1.165) is 40.8 Å². The van der Waals surface area contributed by atoms with Crippen molar-refractivity contribution in [3.8, 4) is 17.0 Å². The fraction of sp³-hybridized carbons (Fsp3) is 0.227. The summed E-state index contributed by atoms with van der Waals surface area (Å²) in [7, 11) is 1.65. The van der Waals surface area contributed by atoms with Crippen LogP contribution in [0.3, 0.4) is 0 Å². The highest BCUT2D eigenvalue weighted by molar-refractivity contribution is 5.97. The number of benzene rings is 1.